The predicted octanol–water partition coefficient (Wildman–Crippen LogP) is 10.9. The average Bonchev–Trinajstić information content (AvgIpc) is 3.06. The number of allylic oxidation sites excluding steroid dienone is 3. The molecule has 0 rings (SSSR count). The van der Waals surface area contributed by atoms with Crippen molar-refractivity contribution in [3.8, 4) is 0 Å². The molecule has 0 spiro atoms. The zero-order chi connectivity index (χ0) is 36.3. The molecule has 0 aliphatic carbocycles. The molecule has 0 saturated carbocycles. The van der Waals surface area contributed by atoms with Crippen LogP contribution < -0.4 is 5.32 Å². The summed E-state index contributed by atoms with van der Waals surface area (Å²) in [6.07, 6.45) is 41.1. The Labute approximate surface area is 303 Å². The number of unbranched alkanes of at least 4 members (excludes halogenated alkanes) is 26. The van der Waals surface area contributed by atoms with Crippen LogP contribution in [-0.4, -0.2) is 53.1 Å². The highest BCUT2D eigenvalue weighted by molar-refractivity contribution is 7.85. The van der Waals surface area contributed by atoms with Crippen LogP contribution in [0.4, 0.5) is 0 Å². The molecule has 0 aromatic heterocycles. The lowest BCUT2D eigenvalue weighted by molar-refractivity contribution is -0.130. The van der Waals surface area contributed by atoms with Crippen LogP contribution >= 0.6 is 0 Å². The van der Waals surface area contributed by atoms with Crippen molar-refractivity contribution in [2.24, 2.45) is 0 Å². The summed E-state index contributed by atoms with van der Waals surface area (Å²) in [4.78, 5) is 12.6. The fourth-order valence-corrected chi connectivity index (χ4v) is 7.03. The molecule has 290 valence electrons. The molecule has 7 nitrogen and oxygen atoms in total. The summed E-state index contributed by atoms with van der Waals surface area (Å²) in [5, 5.41) is 23.3. The van der Waals surface area contributed by atoms with Gasteiger partial charge in [-0.2, -0.15) is 8.42 Å². The van der Waals surface area contributed by atoms with Gasteiger partial charge in [-0.05, 0) is 32.1 Å². The van der Waals surface area contributed by atoms with E-state index < -0.39 is 40.0 Å². The van der Waals surface area contributed by atoms with E-state index in [-0.39, 0.29) is 6.42 Å². The van der Waals surface area contributed by atoms with Gasteiger partial charge in [0.05, 0.1) is 17.9 Å². The van der Waals surface area contributed by atoms with Gasteiger partial charge in [0.2, 0.25) is 5.91 Å². The number of aliphatic hydroxyl groups excluding tert-OH is 2. The molecule has 0 fully saturated rings. The van der Waals surface area contributed by atoms with Crippen molar-refractivity contribution < 1.29 is 28.0 Å². The first-order valence-corrected chi connectivity index (χ1v) is 22.3. The van der Waals surface area contributed by atoms with E-state index in [1.165, 1.54) is 147 Å². The predicted molar refractivity (Wildman–Crippen MR) is 208 cm³/mol. The molecule has 0 aliphatic rings. The maximum atomic E-state index is 12.6. The van der Waals surface area contributed by atoms with Crippen LogP contribution in [0.15, 0.2) is 24.3 Å². The first-order chi connectivity index (χ1) is 23.7. The van der Waals surface area contributed by atoms with Gasteiger partial charge in [0, 0.05) is 0 Å². The molecular formula is C41H79NO6S. The Morgan fingerprint density at radius 3 is 1.35 bits per heavy atom. The standard InChI is InChI=1S/C41H79NO6S/c1-3-5-7-9-11-13-15-16-17-18-19-20-21-22-23-24-25-26-28-30-32-34-36-40(44)41(45)42-38(37-49(46,47)48)39(43)35-33-31-29-27-14-12-10-8-6-4-2/h14,27,33,35,38-40,43-44H,3-13,15-26,28-32,34,36-37H2,1-2H3,(H,42,45)(H,46,47,48)/b27-14+,35-33+. The zero-order valence-corrected chi connectivity index (χ0v) is 32.8. The van der Waals surface area contributed by atoms with E-state index in [1.807, 2.05) is 0 Å². The highest BCUT2D eigenvalue weighted by Gasteiger charge is 2.27. The fraction of sp³-hybridized carbons (Fsp3) is 0.878. The van der Waals surface area contributed by atoms with Gasteiger partial charge in [-0.15, -0.1) is 0 Å². The van der Waals surface area contributed by atoms with Crippen molar-refractivity contribution in [2.75, 3.05) is 5.75 Å². The number of hydrogen-bond acceptors (Lipinski definition) is 5. The molecule has 0 saturated heterocycles. The van der Waals surface area contributed by atoms with Gasteiger partial charge in [0.15, 0.2) is 0 Å². The van der Waals surface area contributed by atoms with Crippen LogP contribution in [0, 0.1) is 0 Å². The van der Waals surface area contributed by atoms with Gasteiger partial charge >= 0.3 is 0 Å². The number of amides is 1. The number of hydrogen-bond donors (Lipinski definition) is 4. The van der Waals surface area contributed by atoms with Gasteiger partial charge in [-0.1, -0.05) is 199 Å². The number of carbonyl (C=O) groups is 1. The SMILES string of the molecule is CCCCCC/C=C/CC/C=C/C(O)C(CS(=O)(=O)O)NC(=O)C(O)CCCCCCCCCCCCCCCCCCCCCCCC. The smallest absolute Gasteiger partial charge is 0.267 e. The Kier molecular flexibility index (Phi) is 34.3. The zero-order valence-electron chi connectivity index (χ0n) is 31.9. The molecule has 8 heteroatoms. The number of aliphatic hydroxyl groups is 2. The van der Waals surface area contributed by atoms with Gasteiger partial charge < -0.3 is 15.5 Å². The van der Waals surface area contributed by atoms with E-state index >= 15 is 0 Å². The maximum Gasteiger partial charge on any atom is 0.267 e. The highest BCUT2D eigenvalue weighted by atomic mass is 32.2. The van der Waals surface area contributed by atoms with E-state index in [1.54, 1.807) is 6.08 Å². The Hall–Kier alpha value is -1.22. The van der Waals surface area contributed by atoms with Crippen LogP contribution in [0.2, 0.25) is 0 Å². The number of rotatable bonds is 37. The minimum Gasteiger partial charge on any atom is -0.387 e. The topological polar surface area (TPSA) is 124 Å². The van der Waals surface area contributed by atoms with Crippen LogP contribution in [0.5, 0.6) is 0 Å². The number of nitrogens with one attached hydrogen (secondary N) is 1. The second kappa shape index (κ2) is 35.2. The first kappa shape index (κ1) is 47.8. The summed E-state index contributed by atoms with van der Waals surface area (Å²) in [6, 6.07) is -1.24. The fourth-order valence-electron chi connectivity index (χ4n) is 6.30. The third-order valence-electron chi connectivity index (χ3n) is 9.49. The molecule has 0 aromatic rings. The molecule has 3 atom stereocenters. The Morgan fingerprint density at radius 1 is 0.551 bits per heavy atom. The molecule has 1 amide bonds. The van der Waals surface area contributed by atoms with Crippen molar-refractivity contribution in [3.05, 3.63) is 24.3 Å². The summed E-state index contributed by atoms with van der Waals surface area (Å²) < 4.78 is 32.4. The van der Waals surface area contributed by atoms with Gasteiger partial charge in [-0.3, -0.25) is 9.35 Å². The Bertz CT molecular complexity index is 890. The van der Waals surface area contributed by atoms with Crippen molar-refractivity contribution in [2.45, 2.75) is 225 Å². The van der Waals surface area contributed by atoms with E-state index in [2.05, 4.69) is 31.3 Å². The van der Waals surface area contributed by atoms with Crippen LogP contribution in [-0.2, 0) is 14.9 Å². The second-order valence-electron chi connectivity index (χ2n) is 14.4. The lowest BCUT2D eigenvalue weighted by Gasteiger charge is -2.22. The third-order valence-corrected chi connectivity index (χ3v) is 10.3. The van der Waals surface area contributed by atoms with E-state index in [0.717, 1.165) is 32.1 Å². The molecule has 49 heavy (non-hydrogen) atoms. The minimum absolute atomic E-state index is 0.278. The summed E-state index contributed by atoms with van der Waals surface area (Å²) in [5.41, 5.74) is 0. The lowest BCUT2D eigenvalue weighted by atomic mass is 10.0. The van der Waals surface area contributed by atoms with Crippen molar-refractivity contribution >= 4 is 16.0 Å². The van der Waals surface area contributed by atoms with Gasteiger partial charge in [0.1, 0.15) is 6.10 Å². The Balaban J connectivity index is 3.90. The third kappa shape index (κ3) is 35.0. The van der Waals surface area contributed by atoms with Crippen LogP contribution in [0.1, 0.15) is 206 Å². The van der Waals surface area contributed by atoms with Crippen molar-refractivity contribution in [1.82, 2.24) is 5.32 Å². The van der Waals surface area contributed by atoms with Crippen LogP contribution in [0.3, 0.4) is 0 Å². The highest BCUT2D eigenvalue weighted by Crippen LogP contribution is 2.16. The largest absolute Gasteiger partial charge is 0.387 e. The monoisotopic (exact) mass is 714 g/mol. The summed E-state index contributed by atoms with van der Waals surface area (Å²) in [5.74, 6) is -1.55. The molecule has 0 heterocycles. The van der Waals surface area contributed by atoms with E-state index in [9.17, 15) is 28.0 Å². The lowest BCUT2D eigenvalue weighted by Crippen LogP contribution is -2.50. The van der Waals surface area contributed by atoms with Crippen molar-refractivity contribution in [3.63, 3.8) is 0 Å². The number of carbonyl (C=O) groups excluding carboxylic acids is 1. The molecule has 0 radical (unpaired) electrons. The molecule has 0 aliphatic heterocycles. The maximum absolute atomic E-state index is 12.6. The molecule has 0 bridgehead atoms. The quantitative estimate of drug-likeness (QED) is 0.0289. The normalized spacial score (nSPS) is 14.1. The minimum atomic E-state index is -4.44. The summed E-state index contributed by atoms with van der Waals surface area (Å²) in [7, 11) is -4.44. The van der Waals surface area contributed by atoms with E-state index in [4.69, 9.17) is 0 Å². The van der Waals surface area contributed by atoms with E-state index in [0.29, 0.717) is 12.8 Å². The summed E-state index contributed by atoms with van der Waals surface area (Å²) >= 11 is 0. The van der Waals surface area contributed by atoms with Gasteiger partial charge in [0.25, 0.3) is 10.1 Å². The first-order valence-electron chi connectivity index (χ1n) is 20.6. The Morgan fingerprint density at radius 2 is 0.918 bits per heavy atom. The van der Waals surface area contributed by atoms with Gasteiger partial charge in [-0.25, -0.2) is 0 Å². The molecule has 3 unspecified atom stereocenters. The molecule has 4 N–H and O–H groups in total. The van der Waals surface area contributed by atoms with Crippen LogP contribution in [0.25, 0.3) is 0 Å². The molecule has 0 aromatic carbocycles. The summed E-state index contributed by atoms with van der Waals surface area (Å²) in [6.45, 7) is 4.47. The molecular weight excluding hydrogens is 635 g/mol. The van der Waals surface area contributed by atoms with Crippen molar-refractivity contribution in [1.29, 1.82) is 0 Å². The average molecular weight is 714 g/mol. The second-order valence-corrected chi connectivity index (χ2v) is 15.9.